The van der Waals surface area contributed by atoms with E-state index in [1.807, 2.05) is 0 Å². The normalized spacial score (nSPS) is 43.7. The van der Waals surface area contributed by atoms with Gasteiger partial charge in [0.15, 0.2) is 0 Å². The van der Waals surface area contributed by atoms with E-state index in [0.29, 0.717) is 5.75 Å². The zero-order valence-corrected chi connectivity index (χ0v) is 5.71. The summed E-state index contributed by atoms with van der Waals surface area (Å²) in [6.45, 7) is -0.0527. The minimum Gasteiger partial charge on any atom is -0.395 e. The second-order valence-electron chi connectivity index (χ2n) is 2.11. The smallest absolute Gasteiger partial charge is 0.0947 e. The molecule has 0 aromatic heterocycles. The van der Waals surface area contributed by atoms with Gasteiger partial charge < -0.3 is 15.3 Å². The van der Waals surface area contributed by atoms with E-state index < -0.39 is 12.2 Å². The first-order chi connectivity index (χ1) is 4.25. The molecule has 0 aliphatic carbocycles. The molecule has 4 heteroatoms. The molecular weight excluding hydrogens is 140 g/mol. The average Bonchev–Trinajstić information content (AvgIpc) is 2.15. The molecule has 1 heterocycles. The fourth-order valence-electron chi connectivity index (χ4n) is 0.828. The number of hydrogen-bond acceptors (Lipinski definition) is 4. The molecule has 3 atom stereocenters. The van der Waals surface area contributed by atoms with Crippen LogP contribution in [0.4, 0.5) is 0 Å². The summed E-state index contributed by atoms with van der Waals surface area (Å²) in [7, 11) is 0. The highest BCUT2D eigenvalue weighted by molar-refractivity contribution is 8.00. The molecule has 0 amide bonds. The highest BCUT2D eigenvalue weighted by Gasteiger charge is 2.33. The van der Waals surface area contributed by atoms with Crippen molar-refractivity contribution in [2.45, 2.75) is 17.5 Å². The third-order valence-corrected chi connectivity index (χ3v) is 2.83. The van der Waals surface area contributed by atoms with Crippen LogP contribution in [0.1, 0.15) is 0 Å². The van der Waals surface area contributed by atoms with E-state index in [0.717, 1.165) is 0 Å². The Bertz CT molecular complexity index is 98.2. The quantitative estimate of drug-likeness (QED) is 0.440. The minimum atomic E-state index is -0.736. The molecule has 0 radical (unpaired) electrons. The van der Waals surface area contributed by atoms with Crippen molar-refractivity contribution in [2.75, 3.05) is 12.4 Å². The van der Waals surface area contributed by atoms with Crippen molar-refractivity contribution in [3.63, 3.8) is 0 Å². The lowest BCUT2D eigenvalue weighted by atomic mass is 10.2. The second-order valence-corrected chi connectivity index (χ2v) is 3.38. The van der Waals surface area contributed by atoms with E-state index >= 15 is 0 Å². The van der Waals surface area contributed by atoms with E-state index in [1.165, 1.54) is 11.8 Å². The van der Waals surface area contributed by atoms with Crippen molar-refractivity contribution in [1.29, 1.82) is 0 Å². The molecule has 0 bridgehead atoms. The van der Waals surface area contributed by atoms with Gasteiger partial charge in [-0.3, -0.25) is 0 Å². The van der Waals surface area contributed by atoms with Crippen molar-refractivity contribution < 1.29 is 15.3 Å². The number of thioether (sulfide) groups is 1. The van der Waals surface area contributed by atoms with Crippen LogP contribution in [0.3, 0.4) is 0 Å². The minimum absolute atomic E-state index is 0.0527. The average molecular weight is 150 g/mol. The first kappa shape index (κ1) is 7.34. The number of aliphatic hydroxyl groups excluding tert-OH is 3. The molecule has 1 aliphatic rings. The summed E-state index contributed by atoms with van der Waals surface area (Å²) in [4.78, 5) is 0. The Kier molecular flexibility index (Phi) is 2.35. The van der Waals surface area contributed by atoms with Crippen LogP contribution in [0.15, 0.2) is 0 Å². The van der Waals surface area contributed by atoms with Gasteiger partial charge in [-0.05, 0) is 0 Å². The van der Waals surface area contributed by atoms with Crippen molar-refractivity contribution in [3.8, 4) is 0 Å². The Hall–Kier alpha value is 0.230. The van der Waals surface area contributed by atoms with Crippen LogP contribution in [0.5, 0.6) is 0 Å². The summed E-state index contributed by atoms with van der Waals surface area (Å²) in [6.07, 6.45) is -1.38. The third kappa shape index (κ3) is 1.38. The van der Waals surface area contributed by atoms with E-state index in [-0.39, 0.29) is 11.9 Å². The Balaban J connectivity index is 2.41. The van der Waals surface area contributed by atoms with E-state index in [4.69, 9.17) is 15.3 Å². The van der Waals surface area contributed by atoms with Gasteiger partial charge >= 0.3 is 0 Å². The Morgan fingerprint density at radius 3 is 2.33 bits per heavy atom. The Morgan fingerprint density at radius 2 is 2.11 bits per heavy atom. The predicted molar refractivity (Wildman–Crippen MR) is 35.3 cm³/mol. The summed E-state index contributed by atoms with van der Waals surface area (Å²) in [6, 6.07) is 0. The molecule has 3 N–H and O–H groups in total. The predicted octanol–water partition coefficient (Wildman–Crippen LogP) is -1.18. The van der Waals surface area contributed by atoms with Crippen LogP contribution < -0.4 is 0 Å². The summed E-state index contributed by atoms with van der Waals surface area (Å²) in [5.41, 5.74) is 0. The Morgan fingerprint density at radius 1 is 1.44 bits per heavy atom. The van der Waals surface area contributed by atoms with Crippen LogP contribution in [0.2, 0.25) is 0 Å². The molecule has 0 spiro atoms. The molecule has 1 aliphatic heterocycles. The standard InChI is InChI=1S/C5H10O3S/c6-1-4-5(8)3(7)2-9-4/h3-8H,1-2H2/t3-,4+,5?/m1/s1. The molecule has 0 aromatic carbocycles. The van der Waals surface area contributed by atoms with Crippen LogP contribution in [-0.4, -0.2) is 45.1 Å². The molecule has 9 heavy (non-hydrogen) atoms. The maximum atomic E-state index is 9.03. The van der Waals surface area contributed by atoms with Gasteiger partial charge in [-0.15, -0.1) is 0 Å². The van der Waals surface area contributed by atoms with Gasteiger partial charge in [0, 0.05) is 5.75 Å². The lowest BCUT2D eigenvalue weighted by Crippen LogP contribution is -2.30. The molecule has 1 unspecified atom stereocenters. The zero-order chi connectivity index (χ0) is 6.85. The highest BCUT2D eigenvalue weighted by Crippen LogP contribution is 2.26. The van der Waals surface area contributed by atoms with Crippen molar-refractivity contribution in [1.82, 2.24) is 0 Å². The first-order valence-corrected chi connectivity index (χ1v) is 3.89. The molecule has 54 valence electrons. The van der Waals surface area contributed by atoms with Gasteiger partial charge in [0.25, 0.3) is 0 Å². The maximum absolute atomic E-state index is 9.03. The molecule has 1 fully saturated rings. The van der Waals surface area contributed by atoms with Crippen molar-refractivity contribution in [3.05, 3.63) is 0 Å². The Labute approximate surface area is 57.7 Å². The molecule has 0 aromatic rings. The van der Waals surface area contributed by atoms with Gasteiger partial charge in [0.1, 0.15) is 0 Å². The zero-order valence-electron chi connectivity index (χ0n) is 4.90. The fraction of sp³-hybridized carbons (Fsp3) is 1.00. The van der Waals surface area contributed by atoms with E-state index in [2.05, 4.69) is 0 Å². The van der Waals surface area contributed by atoms with Crippen LogP contribution in [0, 0.1) is 0 Å². The topological polar surface area (TPSA) is 60.7 Å². The molecule has 0 saturated carbocycles. The van der Waals surface area contributed by atoms with Gasteiger partial charge in [0.05, 0.1) is 24.1 Å². The first-order valence-electron chi connectivity index (χ1n) is 2.84. The lowest BCUT2D eigenvalue weighted by molar-refractivity contribution is 0.0326. The fourth-order valence-corrected chi connectivity index (χ4v) is 1.95. The largest absolute Gasteiger partial charge is 0.395 e. The summed E-state index contributed by atoms with van der Waals surface area (Å²) < 4.78 is 0. The second kappa shape index (κ2) is 2.88. The third-order valence-electron chi connectivity index (χ3n) is 1.44. The highest BCUT2D eigenvalue weighted by atomic mass is 32.2. The molecule has 1 rings (SSSR count). The lowest BCUT2D eigenvalue weighted by Gasteiger charge is -2.11. The van der Waals surface area contributed by atoms with Gasteiger partial charge in [-0.1, -0.05) is 0 Å². The van der Waals surface area contributed by atoms with Crippen LogP contribution in [-0.2, 0) is 0 Å². The number of aliphatic hydroxyl groups is 3. The van der Waals surface area contributed by atoms with Crippen LogP contribution >= 0.6 is 11.8 Å². The monoisotopic (exact) mass is 150 g/mol. The van der Waals surface area contributed by atoms with Crippen LogP contribution in [0.25, 0.3) is 0 Å². The molecule has 3 nitrogen and oxygen atoms in total. The molecular formula is C5H10O3S. The summed E-state index contributed by atoms with van der Waals surface area (Å²) in [5.74, 6) is 0.534. The number of rotatable bonds is 1. The van der Waals surface area contributed by atoms with Gasteiger partial charge in [-0.2, -0.15) is 11.8 Å². The van der Waals surface area contributed by atoms with Crippen molar-refractivity contribution >= 4 is 11.8 Å². The SMILES string of the molecule is OC[C@@H]1SC[C@@H](O)C1O. The van der Waals surface area contributed by atoms with E-state index in [9.17, 15) is 0 Å². The van der Waals surface area contributed by atoms with Gasteiger partial charge in [0.2, 0.25) is 0 Å². The van der Waals surface area contributed by atoms with Crippen molar-refractivity contribution in [2.24, 2.45) is 0 Å². The van der Waals surface area contributed by atoms with E-state index in [1.54, 1.807) is 0 Å². The van der Waals surface area contributed by atoms with Gasteiger partial charge in [-0.25, -0.2) is 0 Å². The summed E-state index contributed by atoms with van der Waals surface area (Å²) >= 11 is 1.41. The summed E-state index contributed by atoms with van der Waals surface area (Å²) in [5, 5.41) is 26.3. The number of hydrogen-bond donors (Lipinski definition) is 3. The molecule has 1 saturated heterocycles. The maximum Gasteiger partial charge on any atom is 0.0947 e.